The minimum atomic E-state index is -0.273. The Labute approximate surface area is 174 Å². The first-order valence-corrected chi connectivity index (χ1v) is 9.71. The molecule has 0 saturated heterocycles. The molecule has 0 bridgehead atoms. The van der Waals surface area contributed by atoms with Crippen LogP contribution in [-0.2, 0) is 0 Å². The third-order valence-electron chi connectivity index (χ3n) is 4.82. The third kappa shape index (κ3) is 4.47. The summed E-state index contributed by atoms with van der Waals surface area (Å²) >= 11 is 0. The highest BCUT2D eigenvalue weighted by Gasteiger charge is 2.23. The second kappa shape index (κ2) is 8.50. The van der Waals surface area contributed by atoms with E-state index in [9.17, 15) is 14.9 Å². The first-order chi connectivity index (χ1) is 14.6. The van der Waals surface area contributed by atoms with Crippen molar-refractivity contribution in [1.29, 1.82) is 5.26 Å². The van der Waals surface area contributed by atoms with E-state index in [0.717, 1.165) is 12.8 Å². The van der Waals surface area contributed by atoms with Crippen LogP contribution in [0.3, 0.4) is 0 Å². The summed E-state index contributed by atoms with van der Waals surface area (Å²) in [6.45, 7) is 0. The molecule has 0 aromatic heterocycles. The van der Waals surface area contributed by atoms with Crippen molar-refractivity contribution in [2.24, 2.45) is 0 Å². The molecule has 1 aliphatic rings. The molecule has 1 fully saturated rings. The highest BCUT2D eigenvalue weighted by molar-refractivity contribution is 6.09. The molecule has 0 radical (unpaired) electrons. The maximum atomic E-state index is 12.9. The Morgan fingerprint density at radius 1 is 0.800 bits per heavy atom. The highest BCUT2D eigenvalue weighted by Crippen LogP contribution is 2.27. The van der Waals surface area contributed by atoms with Gasteiger partial charge in [0.15, 0.2) is 0 Å². The highest BCUT2D eigenvalue weighted by atomic mass is 16.2. The summed E-state index contributed by atoms with van der Waals surface area (Å²) in [5.74, 6) is -0.273. The fourth-order valence-corrected chi connectivity index (χ4v) is 3.15. The van der Waals surface area contributed by atoms with Gasteiger partial charge in [-0.15, -0.1) is 0 Å². The molecular formula is C24H20N4O2. The molecule has 4 rings (SSSR count). The maximum Gasteiger partial charge on any atom is 0.319 e. The summed E-state index contributed by atoms with van der Waals surface area (Å²) < 4.78 is 0. The van der Waals surface area contributed by atoms with Crippen LogP contribution in [0.25, 0.3) is 11.1 Å². The number of rotatable bonds is 5. The van der Waals surface area contributed by atoms with Gasteiger partial charge in [-0.2, -0.15) is 5.26 Å². The zero-order chi connectivity index (χ0) is 20.9. The van der Waals surface area contributed by atoms with Gasteiger partial charge in [0.25, 0.3) is 5.91 Å². The SMILES string of the molecule is N#Cc1ccccc1-c1ccccc1C(=O)Nc1ccc(NC(=O)NC2CC2)cc1. The molecule has 3 amide bonds. The van der Waals surface area contributed by atoms with Gasteiger partial charge in [0.2, 0.25) is 0 Å². The van der Waals surface area contributed by atoms with E-state index in [1.54, 1.807) is 48.5 Å². The molecule has 0 heterocycles. The van der Waals surface area contributed by atoms with Gasteiger partial charge >= 0.3 is 6.03 Å². The van der Waals surface area contributed by atoms with Crippen molar-refractivity contribution in [2.45, 2.75) is 18.9 Å². The van der Waals surface area contributed by atoms with Crippen LogP contribution in [0.15, 0.2) is 72.8 Å². The molecule has 3 N–H and O–H groups in total. The third-order valence-corrected chi connectivity index (χ3v) is 4.82. The largest absolute Gasteiger partial charge is 0.335 e. The van der Waals surface area contributed by atoms with E-state index in [-0.39, 0.29) is 18.0 Å². The van der Waals surface area contributed by atoms with Gasteiger partial charge in [-0.05, 0) is 54.8 Å². The van der Waals surface area contributed by atoms with E-state index >= 15 is 0 Å². The summed E-state index contributed by atoms with van der Waals surface area (Å²) in [4.78, 5) is 24.7. The van der Waals surface area contributed by atoms with Crippen LogP contribution in [0.5, 0.6) is 0 Å². The molecule has 3 aromatic rings. The normalized spacial score (nSPS) is 12.5. The Hall–Kier alpha value is -4.11. The zero-order valence-corrected chi connectivity index (χ0v) is 16.2. The molecule has 0 unspecified atom stereocenters. The first kappa shape index (κ1) is 19.2. The van der Waals surface area contributed by atoms with Crippen molar-refractivity contribution in [3.63, 3.8) is 0 Å². The maximum absolute atomic E-state index is 12.9. The quantitative estimate of drug-likeness (QED) is 0.580. The van der Waals surface area contributed by atoms with Crippen LogP contribution in [0.2, 0.25) is 0 Å². The number of amides is 3. The molecule has 148 valence electrons. The Kier molecular flexibility index (Phi) is 5.44. The molecule has 30 heavy (non-hydrogen) atoms. The number of nitrogens with zero attached hydrogens (tertiary/aromatic N) is 1. The van der Waals surface area contributed by atoms with Crippen molar-refractivity contribution in [3.05, 3.63) is 83.9 Å². The van der Waals surface area contributed by atoms with Gasteiger partial charge in [0.05, 0.1) is 11.6 Å². The Bertz CT molecular complexity index is 1130. The number of benzene rings is 3. The van der Waals surface area contributed by atoms with E-state index in [1.165, 1.54) is 0 Å². The number of anilines is 2. The second-order valence-electron chi connectivity index (χ2n) is 7.11. The first-order valence-electron chi connectivity index (χ1n) is 9.71. The summed E-state index contributed by atoms with van der Waals surface area (Å²) in [6.07, 6.45) is 2.05. The van der Waals surface area contributed by atoms with Crippen molar-refractivity contribution in [2.75, 3.05) is 10.6 Å². The van der Waals surface area contributed by atoms with Crippen molar-refractivity contribution >= 4 is 23.3 Å². The number of nitriles is 1. The van der Waals surface area contributed by atoms with Gasteiger partial charge < -0.3 is 16.0 Å². The van der Waals surface area contributed by atoms with Crippen LogP contribution in [0, 0.1) is 11.3 Å². The standard InChI is InChI=1S/C24H20N4O2/c25-15-16-5-1-2-6-20(16)21-7-3-4-8-22(21)23(29)26-17-9-11-18(12-10-17)27-24(30)28-19-13-14-19/h1-12,19H,13-14H2,(H,26,29)(H2,27,28,30). The fourth-order valence-electron chi connectivity index (χ4n) is 3.15. The lowest BCUT2D eigenvalue weighted by molar-refractivity contribution is 0.102. The van der Waals surface area contributed by atoms with E-state index in [1.807, 2.05) is 24.3 Å². The summed E-state index contributed by atoms with van der Waals surface area (Å²) in [5, 5.41) is 17.9. The van der Waals surface area contributed by atoms with Crippen LogP contribution >= 0.6 is 0 Å². The second-order valence-corrected chi connectivity index (χ2v) is 7.11. The van der Waals surface area contributed by atoms with Crippen LogP contribution in [0.1, 0.15) is 28.8 Å². The lowest BCUT2D eigenvalue weighted by atomic mass is 9.95. The fraction of sp³-hybridized carbons (Fsp3) is 0.125. The minimum Gasteiger partial charge on any atom is -0.335 e. The Morgan fingerprint density at radius 3 is 2.07 bits per heavy atom. The van der Waals surface area contributed by atoms with Crippen molar-refractivity contribution < 1.29 is 9.59 Å². The molecule has 0 spiro atoms. The predicted octanol–water partition coefficient (Wildman–Crippen LogP) is 4.76. The number of carbonyl (C=O) groups is 2. The number of urea groups is 1. The number of hydrogen-bond donors (Lipinski definition) is 3. The topological polar surface area (TPSA) is 94.0 Å². The van der Waals surface area contributed by atoms with Crippen LogP contribution in [-0.4, -0.2) is 18.0 Å². The van der Waals surface area contributed by atoms with E-state index in [4.69, 9.17) is 0 Å². The molecule has 0 atom stereocenters. The Balaban J connectivity index is 1.49. The molecule has 0 aliphatic heterocycles. The van der Waals surface area contributed by atoms with Gasteiger partial charge in [-0.3, -0.25) is 4.79 Å². The molecule has 6 nitrogen and oxygen atoms in total. The van der Waals surface area contributed by atoms with Gasteiger partial charge in [0, 0.05) is 28.5 Å². The van der Waals surface area contributed by atoms with Gasteiger partial charge in [0.1, 0.15) is 0 Å². The molecule has 3 aromatic carbocycles. The van der Waals surface area contributed by atoms with Crippen molar-refractivity contribution in [1.82, 2.24) is 5.32 Å². The van der Waals surface area contributed by atoms with E-state index in [2.05, 4.69) is 22.0 Å². The molecule has 1 aliphatic carbocycles. The number of nitrogens with one attached hydrogen (secondary N) is 3. The van der Waals surface area contributed by atoms with E-state index in [0.29, 0.717) is 33.6 Å². The lowest BCUT2D eigenvalue weighted by Crippen LogP contribution is -2.30. The van der Waals surface area contributed by atoms with Gasteiger partial charge in [-0.25, -0.2) is 4.79 Å². The number of carbonyl (C=O) groups excluding carboxylic acids is 2. The number of hydrogen-bond acceptors (Lipinski definition) is 3. The smallest absolute Gasteiger partial charge is 0.319 e. The van der Waals surface area contributed by atoms with Crippen molar-refractivity contribution in [3.8, 4) is 17.2 Å². The molecular weight excluding hydrogens is 376 g/mol. The average molecular weight is 396 g/mol. The van der Waals surface area contributed by atoms with Crippen LogP contribution in [0.4, 0.5) is 16.2 Å². The van der Waals surface area contributed by atoms with E-state index < -0.39 is 0 Å². The molecule has 1 saturated carbocycles. The monoisotopic (exact) mass is 396 g/mol. The summed E-state index contributed by atoms with van der Waals surface area (Å²) in [7, 11) is 0. The molecule has 6 heteroatoms. The zero-order valence-electron chi connectivity index (χ0n) is 16.2. The summed E-state index contributed by atoms with van der Waals surface area (Å²) in [5.41, 5.74) is 3.66. The average Bonchev–Trinajstić information content (AvgIpc) is 3.59. The van der Waals surface area contributed by atoms with Crippen LogP contribution < -0.4 is 16.0 Å². The van der Waals surface area contributed by atoms with Gasteiger partial charge in [-0.1, -0.05) is 36.4 Å². The summed E-state index contributed by atoms with van der Waals surface area (Å²) in [6, 6.07) is 23.6. The lowest BCUT2D eigenvalue weighted by Gasteiger charge is -2.12. The Morgan fingerprint density at radius 2 is 1.40 bits per heavy atom. The predicted molar refractivity (Wildman–Crippen MR) is 116 cm³/mol. The minimum absolute atomic E-state index is 0.223.